The lowest BCUT2D eigenvalue weighted by molar-refractivity contribution is 0.460. The molecule has 0 unspecified atom stereocenters. The molecule has 5 heteroatoms. The summed E-state index contributed by atoms with van der Waals surface area (Å²) >= 11 is 0. The first-order valence-corrected chi connectivity index (χ1v) is 14.1. The van der Waals surface area contributed by atoms with Crippen LogP contribution in [0.2, 0.25) is 0 Å². The summed E-state index contributed by atoms with van der Waals surface area (Å²) in [6.07, 6.45) is 8.09. The molecule has 3 heterocycles. The average Bonchev–Trinajstić information content (AvgIpc) is 3.71. The monoisotopic (exact) mass is 545 g/mol. The maximum absolute atomic E-state index is 5.07. The highest BCUT2D eigenvalue weighted by molar-refractivity contribution is 5.95. The molecule has 0 spiro atoms. The molecule has 0 amide bonds. The minimum atomic E-state index is -0.661. The molecule has 0 saturated heterocycles. The van der Waals surface area contributed by atoms with E-state index in [0.29, 0.717) is 0 Å². The first kappa shape index (κ1) is 25.5. The van der Waals surface area contributed by atoms with Crippen molar-refractivity contribution in [3.8, 4) is 22.3 Å². The minimum Gasteiger partial charge on any atom is -0.378 e. The zero-order valence-electron chi connectivity index (χ0n) is 23.6. The molecule has 0 atom stereocenters. The summed E-state index contributed by atoms with van der Waals surface area (Å²) in [5, 5.41) is 6.13. The van der Waals surface area contributed by atoms with Gasteiger partial charge in [-0.05, 0) is 40.5 Å². The summed E-state index contributed by atoms with van der Waals surface area (Å²) in [5.41, 5.74) is 9.08. The topological polar surface area (TPSA) is 49.7 Å². The van der Waals surface area contributed by atoms with Gasteiger partial charge in [-0.2, -0.15) is 5.10 Å². The molecule has 0 fully saturated rings. The van der Waals surface area contributed by atoms with Gasteiger partial charge in [-0.25, -0.2) is 4.98 Å². The Balaban J connectivity index is 1.39. The average molecular weight is 546 g/mol. The van der Waals surface area contributed by atoms with E-state index in [9.17, 15) is 0 Å². The summed E-state index contributed by atoms with van der Waals surface area (Å²) in [6, 6.07) is 42.7. The predicted octanol–water partition coefficient (Wildman–Crippen LogP) is 8.00. The fourth-order valence-electron chi connectivity index (χ4n) is 5.93. The number of aromatic nitrogens is 4. The summed E-state index contributed by atoms with van der Waals surface area (Å²) in [7, 11) is 4.11. The van der Waals surface area contributed by atoms with E-state index in [4.69, 9.17) is 10.1 Å². The van der Waals surface area contributed by atoms with E-state index in [1.807, 2.05) is 18.6 Å². The molecule has 42 heavy (non-hydrogen) atoms. The number of nitrogens with zero attached hydrogens (tertiary/aromatic N) is 4. The number of aromatic amines is 1. The molecule has 7 aromatic rings. The van der Waals surface area contributed by atoms with Crippen molar-refractivity contribution in [3.63, 3.8) is 0 Å². The van der Waals surface area contributed by atoms with E-state index >= 15 is 0 Å². The van der Waals surface area contributed by atoms with E-state index in [-0.39, 0.29) is 0 Å². The number of pyridine rings is 1. The smallest absolute Gasteiger partial charge is 0.138 e. The molecule has 0 aliphatic rings. The van der Waals surface area contributed by atoms with E-state index in [2.05, 4.69) is 156 Å². The van der Waals surface area contributed by atoms with E-state index in [1.54, 1.807) is 0 Å². The SMILES string of the molecule is CN(C)c1ccc(-c2cnc3[nH]cc(-c4cnn(C(c5ccccc5)(c5ccccc5)c5ccccc5)c4)c3c2)cc1. The number of nitrogens with one attached hydrogen (secondary N) is 1. The van der Waals surface area contributed by atoms with Crippen molar-refractivity contribution >= 4 is 16.7 Å². The summed E-state index contributed by atoms with van der Waals surface area (Å²) in [4.78, 5) is 10.2. The van der Waals surface area contributed by atoms with Gasteiger partial charge in [0.15, 0.2) is 0 Å². The van der Waals surface area contributed by atoms with Gasteiger partial charge in [0.05, 0.1) is 6.20 Å². The maximum Gasteiger partial charge on any atom is 0.138 e. The van der Waals surface area contributed by atoms with Crippen LogP contribution in [0.3, 0.4) is 0 Å². The van der Waals surface area contributed by atoms with Crippen LogP contribution in [-0.4, -0.2) is 33.8 Å². The lowest BCUT2D eigenvalue weighted by atomic mass is 9.77. The molecule has 7 rings (SSSR count). The van der Waals surface area contributed by atoms with Crippen molar-refractivity contribution in [1.29, 1.82) is 0 Å². The van der Waals surface area contributed by atoms with Crippen molar-refractivity contribution in [3.05, 3.63) is 163 Å². The molecule has 0 aliphatic carbocycles. The maximum atomic E-state index is 5.07. The van der Waals surface area contributed by atoms with Crippen LogP contribution in [0, 0.1) is 0 Å². The molecule has 0 aliphatic heterocycles. The molecular formula is C37H31N5. The first-order chi connectivity index (χ1) is 20.6. The highest BCUT2D eigenvalue weighted by atomic mass is 15.3. The lowest BCUT2D eigenvalue weighted by Gasteiger charge is -2.36. The van der Waals surface area contributed by atoms with E-state index in [1.165, 1.54) is 5.69 Å². The normalized spacial score (nSPS) is 11.6. The molecule has 0 radical (unpaired) electrons. The number of rotatable bonds is 7. The van der Waals surface area contributed by atoms with Crippen LogP contribution in [0.5, 0.6) is 0 Å². The second kappa shape index (κ2) is 10.5. The third-order valence-electron chi connectivity index (χ3n) is 8.06. The van der Waals surface area contributed by atoms with Gasteiger partial charge in [0.25, 0.3) is 0 Å². The quantitative estimate of drug-likeness (QED) is 0.207. The van der Waals surface area contributed by atoms with Crippen molar-refractivity contribution < 1.29 is 0 Å². The summed E-state index contributed by atoms with van der Waals surface area (Å²) in [5.74, 6) is 0. The molecule has 0 saturated carbocycles. The fraction of sp³-hybridized carbons (Fsp3) is 0.0811. The standard InChI is InChI=1S/C37H31N5/c1-41(2)33-20-18-27(19-21-33)28-22-34-35(25-39-36(34)38-23-28)29-24-40-42(26-29)37(30-12-6-3-7-13-30,31-14-8-4-9-15-31)32-16-10-5-11-17-32/h3-26H,1-2H3,(H,38,39). The van der Waals surface area contributed by atoms with Crippen molar-refractivity contribution in [2.75, 3.05) is 19.0 Å². The third kappa shape index (κ3) is 4.27. The van der Waals surface area contributed by atoms with Gasteiger partial charge in [-0.3, -0.25) is 4.68 Å². The zero-order chi connectivity index (χ0) is 28.5. The van der Waals surface area contributed by atoms with Gasteiger partial charge >= 0.3 is 0 Å². The Kier molecular flexibility index (Phi) is 6.40. The number of benzene rings is 4. The number of fused-ring (bicyclic) bond motifs is 1. The van der Waals surface area contributed by atoms with Crippen LogP contribution in [0.4, 0.5) is 5.69 Å². The van der Waals surface area contributed by atoms with Crippen molar-refractivity contribution in [2.45, 2.75) is 5.54 Å². The van der Waals surface area contributed by atoms with Gasteiger partial charge in [0.2, 0.25) is 0 Å². The Morgan fingerprint density at radius 1 is 0.643 bits per heavy atom. The summed E-state index contributed by atoms with van der Waals surface area (Å²) < 4.78 is 2.11. The number of H-pyrrole nitrogens is 1. The zero-order valence-corrected chi connectivity index (χ0v) is 23.6. The molecule has 0 bridgehead atoms. The molecule has 4 aromatic carbocycles. The first-order valence-electron chi connectivity index (χ1n) is 14.1. The van der Waals surface area contributed by atoms with Gasteiger partial charge in [0, 0.05) is 60.4 Å². The van der Waals surface area contributed by atoms with Gasteiger partial charge in [-0.15, -0.1) is 0 Å². The summed E-state index contributed by atoms with van der Waals surface area (Å²) in [6.45, 7) is 0. The fourth-order valence-corrected chi connectivity index (χ4v) is 5.93. The third-order valence-corrected chi connectivity index (χ3v) is 8.06. The highest BCUT2D eigenvalue weighted by Gasteiger charge is 2.39. The van der Waals surface area contributed by atoms with Gasteiger partial charge < -0.3 is 9.88 Å². The van der Waals surface area contributed by atoms with E-state index < -0.39 is 5.54 Å². The molecule has 3 aromatic heterocycles. The Morgan fingerprint density at radius 3 is 1.76 bits per heavy atom. The Hall–Kier alpha value is -5.42. The Bertz CT molecular complexity index is 1840. The minimum absolute atomic E-state index is 0.661. The van der Waals surface area contributed by atoms with Crippen LogP contribution >= 0.6 is 0 Å². The molecule has 5 nitrogen and oxygen atoms in total. The van der Waals surface area contributed by atoms with Crippen LogP contribution < -0.4 is 4.90 Å². The largest absolute Gasteiger partial charge is 0.378 e. The Morgan fingerprint density at radius 2 is 1.21 bits per heavy atom. The molecule has 204 valence electrons. The molecule has 1 N–H and O–H groups in total. The van der Waals surface area contributed by atoms with Crippen LogP contribution in [0.15, 0.2) is 146 Å². The lowest BCUT2D eigenvalue weighted by Crippen LogP contribution is -2.38. The van der Waals surface area contributed by atoms with Crippen LogP contribution in [-0.2, 0) is 5.54 Å². The second-order valence-corrected chi connectivity index (χ2v) is 10.7. The number of anilines is 1. The number of hydrogen-bond donors (Lipinski definition) is 1. The van der Waals surface area contributed by atoms with Gasteiger partial charge in [0.1, 0.15) is 11.2 Å². The number of hydrogen-bond acceptors (Lipinski definition) is 3. The van der Waals surface area contributed by atoms with Gasteiger partial charge in [-0.1, -0.05) is 103 Å². The van der Waals surface area contributed by atoms with E-state index in [0.717, 1.165) is 50.0 Å². The predicted molar refractivity (Wildman–Crippen MR) is 172 cm³/mol. The van der Waals surface area contributed by atoms with Crippen molar-refractivity contribution in [1.82, 2.24) is 19.7 Å². The highest BCUT2D eigenvalue weighted by Crippen LogP contribution is 2.41. The molecular weight excluding hydrogens is 514 g/mol. The van der Waals surface area contributed by atoms with Crippen LogP contribution in [0.25, 0.3) is 33.3 Å². The Labute approximate surface area is 245 Å². The van der Waals surface area contributed by atoms with Crippen LogP contribution in [0.1, 0.15) is 16.7 Å². The van der Waals surface area contributed by atoms with Crippen molar-refractivity contribution in [2.24, 2.45) is 0 Å². The second-order valence-electron chi connectivity index (χ2n) is 10.7.